The predicted molar refractivity (Wildman–Crippen MR) is 102 cm³/mol. The highest BCUT2D eigenvalue weighted by Crippen LogP contribution is 2.19. The van der Waals surface area contributed by atoms with Crippen LogP contribution in [0.5, 0.6) is 5.75 Å². The van der Waals surface area contributed by atoms with Crippen molar-refractivity contribution in [2.75, 3.05) is 5.32 Å². The van der Waals surface area contributed by atoms with Crippen LogP contribution in [0, 0.1) is 6.92 Å². The van der Waals surface area contributed by atoms with Gasteiger partial charge in [0.15, 0.2) is 5.13 Å². The van der Waals surface area contributed by atoms with E-state index >= 15 is 0 Å². The van der Waals surface area contributed by atoms with Gasteiger partial charge in [0.25, 0.3) is 5.91 Å². The lowest BCUT2D eigenvalue weighted by Gasteiger charge is -2.07. The summed E-state index contributed by atoms with van der Waals surface area (Å²) in [6.07, 6.45) is 1.48. The van der Waals surface area contributed by atoms with Crippen molar-refractivity contribution < 1.29 is 27.5 Å². The Balaban J connectivity index is 1.47. The quantitative estimate of drug-likeness (QED) is 0.578. The third-order valence-electron chi connectivity index (χ3n) is 3.86. The molecule has 0 aliphatic heterocycles. The van der Waals surface area contributed by atoms with Gasteiger partial charge in [0.2, 0.25) is 5.91 Å². The van der Waals surface area contributed by atoms with Gasteiger partial charge in [-0.2, -0.15) is 8.78 Å². The number of thiazole rings is 1. The minimum Gasteiger partial charge on any atom is -0.469 e. The Labute approximate surface area is 168 Å². The largest absolute Gasteiger partial charge is 0.469 e. The first-order valence-corrected chi connectivity index (χ1v) is 9.39. The third kappa shape index (κ3) is 5.85. The number of nitrogens with zero attached hydrogens (tertiary/aromatic N) is 1. The summed E-state index contributed by atoms with van der Waals surface area (Å²) in [5.41, 5.74) is 1.68. The van der Waals surface area contributed by atoms with Crippen LogP contribution in [0.4, 0.5) is 13.9 Å². The summed E-state index contributed by atoms with van der Waals surface area (Å²) >= 11 is 1.22. The number of carbonyl (C=O) groups is 2. The number of carbonyl (C=O) groups excluding carboxylic acids is 2. The van der Waals surface area contributed by atoms with Gasteiger partial charge in [0, 0.05) is 11.9 Å². The number of benzene rings is 1. The van der Waals surface area contributed by atoms with Crippen molar-refractivity contribution in [2.45, 2.75) is 26.5 Å². The van der Waals surface area contributed by atoms with Crippen molar-refractivity contribution >= 4 is 28.3 Å². The van der Waals surface area contributed by atoms with E-state index in [-0.39, 0.29) is 30.5 Å². The number of rotatable bonds is 8. The molecule has 7 nitrogen and oxygen atoms in total. The van der Waals surface area contributed by atoms with E-state index in [0.29, 0.717) is 22.1 Å². The summed E-state index contributed by atoms with van der Waals surface area (Å²) in [5.74, 6) is -0.0298. The van der Waals surface area contributed by atoms with Crippen LogP contribution in [0.2, 0.25) is 0 Å². The molecule has 29 heavy (non-hydrogen) atoms. The van der Waals surface area contributed by atoms with Crippen molar-refractivity contribution in [2.24, 2.45) is 0 Å². The Morgan fingerprint density at radius 3 is 2.66 bits per heavy atom. The average molecular weight is 421 g/mol. The number of hydrogen-bond acceptors (Lipinski definition) is 6. The smallest absolute Gasteiger partial charge is 0.387 e. The summed E-state index contributed by atoms with van der Waals surface area (Å²) in [4.78, 5) is 28.5. The SMILES string of the molecule is Cc1occc1C(=O)Nc1nc(CC(=O)NCc2ccc(OC(F)F)cc2)cs1. The third-order valence-corrected chi connectivity index (χ3v) is 4.66. The van der Waals surface area contributed by atoms with Crippen molar-refractivity contribution in [1.29, 1.82) is 0 Å². The Morgan fingerprint density at radius 2 is 2.00 bits per heavy atom. The molecule has 3 rings (SSSR count). The highest BCUT2D eigenvalue weighted by Gasteiger charge is 2.14. The maximum absolute atomic E-state index is 12.1. The zero-order valence-electron chi connectivity index (χ0n) is 15.3. The molecule has 2 heterocycles. The lowest BCUT2D eigenvalue weighted by atomic mass is 10.2. The Morgan fingerprint density at radius 1 is 1.24 bits per heavy atom. The molecule has 2 aromatic heterocycles. The molecule has 0 radical (unpaired) electrons. The summed E-state index contributed by atoms with van der Waals surface area (Å²) in [6.45, 7) is -0.954. The van der Waals surface area contributed by atoms with Gasteiger partial charge in [-0.3, -0.25) is 14.9 Å². The summed E-state index contributed by atoms with van der Waals surface area (Å²) in [5, 5.41) is 7.46. The molecule has 0 aliphatic rings. The van der Waals surface area contributed by atoms with E-state index in [0.717, 1.165) is 5.56 Å². The van der Waals surface area contributed by atoms with Crippen LogP contribution in [0.3, 0.4) is 0 Å². The van der Waals surface area contributed by atoms with Crippen molar-refractivity contribution in [3.05, 3.63) is 64.6 Å². The maximum atomic E-state index is 12.1. The maximum Gasteiger partial charge on any atom is 0.387 e. The van der Waals surface area contributed by atoms with Crippen LogP contribution in [0.1, 0.15) is 27.4 Å². The Bertz CT molecular complexity index is 986. The first-order chi connectivity index (χ1) is 13.9. The standard InChI is InChI=1S/C19H17F2N3O4S/c1-11-15(6-7-27-11)17(26)24-19-23-13(10-29-19)8-16(25)22-9-12-2-4-14(5-3-12)28-18(20)21/h2-7,10,18H,8-9H2,1H3,(H,22,25)(H,23,24,26). The molecule has 0 spiro atoms. The predicted octanol–water partition coefficient (Wildman–Crippen LogP) is 3.76. The fourth-order valence-corrected chi connectivity index (χ4v) is 3.15. The van der Waals surface area contributed by atoms with Crippen LogP contribution in [0.15, 0.2) is 46.4 Å². The molecule has 10 heteroatoms. The van der Waals surface area contributed by atoms with E-state index in [2.05, 4.69) is 20.4 Å². The first kappa shape index (κ1) is 20.5. The molecule has 0 unspecified atom stereocenters. The first-order valence-electron chi connectivity index (χ1n) is 8.51. The van der Waals surface area contributed by atoms with E-state index in [1.165, 1.54) is 29.7 Å². The zero-order chi connectivity index (χ0) is 20.8. The number of alkyl halides is 2. The van der Waals surface area contributed by atoms with Gasteiger partial charge < -0.3 is 14.5 Å². The van der Waals surface area contributed by atoms with E-state index in [1.807, 2.05) is 0 Å². The number of ether oxygens (including phenoxy) is 1. The molecular weight excluding hydrogens is 404 g/mol. The van der Waals surface area contributed by atoms with E-state index in [9.17, 15) is 18.4 Å². The monoisotopic (exact) mass is 421 g/mol. The zero-order valence-corrected chi connectivity index (χ0v) is 16.1. The average Bonchev–Trinajstić information content (AvgIpc) is 3.29. The molecular formula is C19H17F2N3O4S. The molecule has 2 amide bonds. The molecule has 0 bridgehead atoms. The van der Waals surface area contributed by atoms with Gasteiger partial charge in [0.1, 0.15) is 11.5 Å². The number of aryl methyl sites for hydroxylation is 1. The normalized spacial score (nSPS) is 10.8. The molecule has 152 valence electrons. The van der Waals surface area contributed by atoms with Gasteiger partial charge in [-0.25, -0.2) is 4.98 Å². The fourth-order valence-electron chi connectivity index (χ4n) is 2.45. The molecule has 1 aromatic carbocycles. The number of halogens is 2. The summed E-state index contributed by atoms with van der Waals surface area (Å²) in [6, 6.07) is 7.56. The minimum atomic E-state index is -2.88. The molecule has 0 atom stereocenters. The summed E-state index contributed by atoms with van der Waals surface area (Å²) in [7, 11) is 0. The van der Waals surface area contributed by atoms with E-state index in [4.69, 9.17) is 4.42 Å². The number of anilines is 1. The molecule has 0 aliphatic carbocycles. The minimum absolute atomic E-state index is 0.0453. The molecule has 0 fully saturated rings. The van der Waals surface area contributed by atoms with Crippen LogP contribution >= 0.6 is 11.3 Å². The van der Waals surface area contributed by atoms with E-state index < -0.39 is 6.61 Å². The van der Waals surface area contributed by atoms with Crippen LogP contribution in [-0.2, 0) is 17.8 Å². The Hall–Kier alpha value is -3.27. The molecule has 0 saturated carbocycles. The van der Waals surface area contributed by atoms with E-state index in [1.54, 1.807) is 30.5 Å². The molecule has 0 saturated heterocycles. The Kier molecular flexibility index (Phi) is 6.55. The van der Waals surface area contributed by atoms with Gasteiger partial charge in [-0.05, 0) is 30.7 Å². The molecule has 3 aromatic rings. The number of furan rings is 1. The van der Waals surface area contributed by atoms with Crippen LogP contribution in [-0.4, -0.2) is 23.4 Å². The van der Waals surface area contributed by atoms with Gasteiger partial charge in [0.05, 0.1) is 23.9 Å². The fraction of sp³-hybridized carbons (Fsp3) is 0.211. The topological polar surface area (TPSA) is 93.5 Å². The van der Waals surface area contributed by atoms with Gasteiger partial charge in [-0.1, -0.05) is 12.1 Å². The highest BCUT2D eigenvalue weighted by molar-refractivity contribution is 7.14. The van der Waals surface area contributed by atoms with Crippen LogP contribution < -0.4 is 15.4 Å². The van der Waals surface area contributed by atoms with Gasteiger partial charge in [-0.15, -0.1) is 11.3 Å². The lowest BCUT2D eigenvalue weighted by molar-refractivity contribution is -0.120. The van der Waals surface area contributed by atoms with Crippen molar-refractivity contribution in [3.63, 3.8) is 0 Å². The second-order valence-electron chi connectivity index (χ2n) is 5.96. The number of hydrogen-bond donors (Lipinski definition) is 2. The van der Waals surface area contributed by atoms with Gasteiger partial charge >= 0.3 is 6.61 Å². The second kappa shape index (κ2) is 9.28. The van der Waals surface area contributed by atoms with Crippen molar-refractivity contribution in [3.8, 4) is 5.75 Å². The highest BCUT2D eigenvalue weighted by atomic mass is 32.1. The lowest BCUT2D eigenvalue weighted by Crippen LogP contribution is -2.24. The second-order valence-corrected chi connectivity index (χ2v) is 6.82. The summed E-state index contributed by atoms with van der Waals surface area (Å²) < 4.78 is 33.6. The number of aromatic nitrogens is 1. The van der Waals surface area contributed by atoms with Crippen molar-refractivity contribution in [1.82, 2.24) is 10.3 Å². The van der Waals surface area contributed by atoms with Crippen LogP contribution in [0.25, 0.3) is 0 Å². The molecule has 2 N–H and O–H groups in total. The number of amides is 2. The number of nitrogens with one attached hydrogen (secondary N) is 2.